The summed E-state index contributed by atoms with van der Waals surface area (Å²) in [7, 11) is 1.93. The van der Waals surface area contributed by atoms with Gasteiger partial charge in [0.25, 0.3) is 0 Å². The largest absolute Gasteiger partial charge is 0.492 e. The fourth-order valence-electron chi connectivity index (χ4n) is 3.92. The molecule has 3 aromatic rings. The first-order chi connectivity index (χ1) is 16.2. The first kappa shape index (κ1) is 22.7. The molecule has 0 unspecified atom stereocenters. The lowest BCUT2D eigenvalue weighted by atomic mass is 10.0. The molecule has 0 bridgehead atoms. The Morgan fingerprint density at radius 1 is 1.21 bits per heavy atom. The van der Waals surface area contributed by atoms with Crippen LogP contribution in [0.1, 0.15) is 23.6 Å². The highest BCUT2D eigenvalue weighted by Crippen LogP contribution is 2.26. The van der Waals surface area contributed by atoms with E-state index in [1.807, 2.05) is 37.4 Å². The number of nitrogens with one attached hydrogen (secondary N) is 3. The fourth-order valence-corrected chi connectivity index (χ4v) is 3.92. The molecule has 8 nitrogen and oxygen atoms in total. The fraction of sp³-hybridized carbons (Fsp3) is 0.320. The minimum Gasteiger partial charge on any atom is -0.492 e. The van der Waals surface area contributed by atoms with Crippen LogP contribution in [0.15, 0.2) is 60.8 Å². The Balaban J connectivity index is 1.43. The van der Waals surface area contributed by atoms with Crippen molar-refractivity contribution in [1.29, 1.82) is 5.26 Å². The maximum Gasteiger partial charge on any atom is 0.223 e. The number of hydrogen-bond acceptors (Lipinski definition) is 8. The highest BCUT2D eigenvalue weighted by molar-refractivity contribution is 5.64. The molecule has 1 aromatic heterocycles. The molecule has 1 saturated heterocycles. The van der Waals surface area contributed by atoms with E-state index in [1.54, 1.807) is 18.3 Å². The minimum atomic E-state index is -0.483. The maximum atomic E-state index is 9.99. The van der Waals surface area contributed by atoms with Gasteiger partial charge in [0.15, 0.2) is 0 Å². The Morgan fingerprint density at radius 2 is 2.06 bits per heavy atom. The van der Waals surface area contributed by atoms with Gasteiger partial charge in [-0.15, -0.1) is 0 Å². The number of aromatic nitrogens is 2. The second-order valence-corrected chi connectivity index (χ2v) is 7.95. The van der Waals surface area contributed by atoms with Crippen molar-refractivity contribution in [2.45, 2.75) is 24.6 Å². The number of nitriles is 1. The van der Waals surface area contributed by atoms with Crippen molar-refractivity contribution in [3.63, 3.8) is 0 Å². The summed E-state index contributed by atoms with van der Waals surface area (Å²) in [6.07, 6.45) is 1.95. The van der Waals surface area contributed by atoms with Crippen molar-refractivity contribution in [3.05, 3.63) is 71.9 Å². The topological polar surface area (TPSA) is 115 Å². The lowest BCUT2D eigenvalue weighted by molar-refractivity contribution is 0.185. The summed E-state index contributed by atoms with van der Waals surface area (Å²) < 4.78 is 5.95. The van der Waals surface area contributed by atoms with E-state index in [2.05, 4.69) is 44.1 Å². The van der Waals surface area contributed by atoms with Crippen LogP contribution in [0.25, 0.3) is 11.3 Å². The van der Waals surface area contributed by atoms with E-state index >= 15 is 0 Å². The molecule has 4 rings (SSSR count). The van der Waals surface area contributed by atoms with Gasteiger partial charge in [0.05, 0.1) is 30.0 Å². The van der Waals surface area contributed by atoms with Crippen molar-refractivity contribution in [3.8, 4) is 23.1 Å². The van der Waals surface area contributed by atoms with E-state index < -0.39 is 6.10 Å². The number of rotatable bonds is 9. The minimum absolute atomic E-state index is 0.136. The molecular weight excluding hydrogens is 416 g/mol. The van der Waals surface area contributed by atoms with Crippen molar-refractivity contribution in [2.24, 2.45) is 0 Å². The maximum absolute atomic E-state index is 9.99. The van der Waals surface area contributed by atoms with Crippen molar-refractivity contribution < 1.29 is 9.84 Å². The number of hydrogen-bond donors (Lipinski definition) is 4. The molecule has 1 aliphatic rings. The molecule has 33 heavy (non-hydrogen) atoms. The Kier molecular flexibility index (Phi) is 7.47. The molecule has 8 heteroatoms. The summed E-state index contributed by atoms with van der Waals surface area (Å²) in [5.41, 5.74) is 3.15. The van der Waals surface area contributed by atoms with Gasteiger partial charge >= 0.3 is 0 Å². The van der Waals surface area contributed by atoms with Crippen LogP contribution in [0, 0.1) is 11.3 Å². The van der Waals surface area contributed by atoms with Gasteiger partial charge < -0.3 is 25.8 Å². The van der Waals surface area contributed by atoms with Gasteiger partial charge in [0, 0.05) is 37.3 Å². The molecule has 0 saturated carbocycles. The van der Waals surface area contributed by atoms with E-state index in [4.69, 9.17) is 4.74 Å². The zero-order valence-corrected chi connectivity index (χ0v) is 18.5. The smallest absolute Gasteiger partial charge is 0.223 e. The number of β-amino-alcohol motifs (C(OH)–C–C–N with tert-alkyl or cyclic N) is 1. The molecule has 0 spiro atoms. The third-order valence-corrected chi connectivity index (χ3v) is 5.76. The van der Waals surface area contributed by atoms with E-state index in [9.17, 15) is 10.4 Å². The number of anilines is 1. The van der Waals surface area contributed by atoms with E-state index in [0.29, 0.717) is 42.7 Å². The summed E-state index contributed by atoms with van der Waals surface area (Å²) in [5, 5.41) is 29.3. The van der Waals surface area contributed by atoms with Gasteiger partial charge in [-0.25, -0.2) is 9.97 Å². The summed E-state index contributed by atoms with van der Waals surface area (Å²) >= 11 is 0. The van der Waals surface area contributed by atoms with Crippen LogP contribution in [0.4, 0.5) is 5.95 Å². The van der Waals surface area contributed by atoms with Gasteiger partial charge in [-0.05, 0) is 36.9 Å². The Bertz CT molecular complexity index is 1100. The van der Waals surface area contributed by atoms with Gasteiger partial charge in [-0.2, -0.15) is 5.26 Å². The van der Waals surface area contributed by atoms with Gasteiger partial charge in [0.1, 0.15) is 11.8 Å². The zero-order chi connectivity index (χ0) is 23.0. The molecule has 2 heterocycles. The molecule has 4 N–H and O–H groups in total. The molecule has 170 valence electrons. The Hall–Kier alpha value is -3.51. The summed E-state index contributed by atoms with van der Waals surface area (Å²) in [5.74, 6) is 0.995. The number of nitrogens with zero attached hydrogens (tertiary/aromatic N) is 3. The van der Waals surface area contributed by atoms with Gasteiger partial charge in [-0.3, -0.25) is 0 Å². The quantitative estimate of drug-likeness (QED) is 0.398. The molecule has 2 aromatic carbocycles. The summed E-state index contributed by atoms with van der Waals surface area (Å²) in [4.78, 5) is 8.81. The van der Waals surface area contributed by atoms with Crippen LogP contribution in [0.3, 0.4) is 0 Å². The molecule has 1 fully saturated rings. The second-order valence-electron chi connectivity index (χ2n) is 7.95. The average molecular weight is 445 g/mol. The SMILES string of the molecule is CN[C@@H](CCOc1ccc(-c2ccnc(N[C@H]3CNC[C@@H]3O)n2)cc1C#N)c1ccccc1. The number of aliphatic hydroxyl groups is 1. The molecule has 1 aliphatic heterocycles. The molecular formula is C25H28N6O2. The third-order valence-electron chi connectivity index (χ3n) is 5.76. The molecule has 0 radical (unpaired) electrons. The van der Waals surface area contributed by atoms with E-state index in [0.717, 1.165) is 12.0 Å². The van der Waals surface area contributed by atoms with Crippen LogP contribution >= 0.6 is 0 Å². The van der Waals surface area contributed by atoms with Crippen LogP contribution in [0.2, 0.25) is 0 Å². The van der Waals surface area contributed by atoms with Crippen molar-refractivity contribution in [1.82, 2.24) is 20.6 Å². The second kappa shape index (κ2) is 10.9. The Labute approximate surface area is 193 Å². The van der Waals surface area contributed by atoms with Gasteiger partial charge in [0.2, 0.25) is 5.95 Å². The number of benzene rings is 2. The van der Waals surface area contributed by atoms with E-state index in [-0.39, 0.29) is 12.1 Å². The van der Waals surface area contributed by atoms with E-state index in [1.165, 1.54) is 5.56 Å². The number of ether oxygens (including phenoxy) is 1. The predicted molar refractivity (Wildman–Crippen MR) is 127 cm³/mol. The third kappa shape index (κ3) is 5.65. The molecule has 3 atom stereocenters. The summed E-state index contributed by atoms with van der Waals surface area (Å²) in [6, 6.07) is 19.8. The highest BCUT2D eigenvalue weighted by Gasteiger charge is 2.25. The van der Waals surface area contributed by atoms with Crippen molar-refractivity contribution >= 4 is 5.95 Å². The normalized spacial score (nSPS) is 18.5. The lowest BCUT2D eigenvalue weighted by Crippen LogP contribution is -2.32. The molecule has 0 amide bonds. The van der Waals surface area contributed by atoms with Crippen LogP contribution < -0.4 is 20.7 Å². The van der Waals surface area contributed by atoms with Crippen LogP contribution in [-0.2, 0) is 0 Å². The monoisotopic (exact) mass is 444 g/mol. The van der Waals surface area contributed by atoms with Crippen molar-refractivity contribution in [2.75, 3.05) is 32.1 Å². The molecule has 0 aliphatic carbocycles. The first-order valence-corrected chi connectivity index (χ1v) is 11.1. The standard InChI is InChI=1S/C25H28N6O2/c1-27-20(17-5-3-2-4-6-17)10-12-33-24-8-7-18(13-19(24)14-26)21-9-11-29-25(30-21)31-22-15-28-16-23(22)32/h2-9,11,13,20,22-23,27-28,32H,10,12,15-16H2,1H3,(H,29,30,31)/t20-,22-,23-/m0/s1. The predicted octanol–water partition coefficient (Wildman–Crippen LogP) is 2.49. The van der Waals surface area contributed by atoms with Gasteiger partial charge in [-0.1, -0.05) is 30.3 Å². The highest BCUT2D eigenvalue weighted by atomic mass is 16.5. The average Bonchev–Trinajstić information content (AvgIpc) is 3.26. The zero-order valence-electron chi connectivity index (χ0n) is 18.5. The summed E-state index contributed by atoms with van der Waals surface area (Å²) in [6.45, 7) is 1.68. The number of aliphatic hydroxyl groups excluding tert-OH is 1. The lowest BCUT2D eigenvalue weighted by Gasteiger charge is -2.17. The Morgan fingerprint density at radius 3 is 2.79 bits per heavy atom. The first-order valence-electron chi connectivity index (χ1n) is 11.1. The van der Waals surface area contributed by atoms with Crippen LogP contribution in [0.5, 0.6) is 5.75 Å². The van der Waals surface area contributed by atoms with Crippen LogP contribution in [-0.4, -0.2) is 54.0 Å².